The summed E-state index contributed by atoms with van der Waals surface area (Å²) in [5.41, 5.74) is 6.76. The van der Waals surface area contributed by atoms with Crippen molar-refractivity contribution in [2.75, 3.05) is 11.1 Å². The molecule has 1 heterocycles. The van der Waals surface area contributed by atoms with E-state index in [1.54, 1.807) is 24.3 Å². The molecule has 0 atom stereocenters. The van der Waals surface area contributed by atoms with E-state index < -0.39 is 5.91 Å². The Morgan fingerprint density at radius 1 is 1.44 bits per heavy atom. The molecule has 0 fully saturated rings. The molecule has 2 aromatic rings. The summed E-state index contributed by atoms with van der Waals surface area (Å²) in [5, 5.41) is 11.3. The molecule has 0 aliphatic heterocycles. The van der Waals surface area contributed by atoms with Gasteiger partial charge in [0.2, 0.25) is 5.91 Å². The third kappa shape index (κ3) is 2.47. The van der Waals surface area contributed by atoms with Gasteiger partial charge in [0, 0.05) is 5.02 Å². The van der Waals surface area contributed by atoms with Crippen molar-refractivity contribution in [1.29, 1.82) is 5.26 Å². The van der Waals surface area contributed by atoms with Crippen LogP contribution < -0.4 is 11.1 Å². The largest absolute Gasteiger partial charge is 0.381 e. The van der Waals surface area contributed by atoms with Crippen LogP contribution >= 0.6 is 11.6 Å². The van der Waals surface area contributed by atoms with Crippen molar-refractivity contribution in [3.8, 4) is 6.07 Å². The Balaban J connectivity index is 2.41. The predicted octanol–water partition coefficient (Wildman–Crippen LogP) is 1.72. The molecule has 18 heavy (non-hydrogen) atoms. The number of nitrogens with one attached hydrogen (secondary N) is 1. The number of amides is 1. The van der Waals surface area contributed by atoms with E-state index in [9.17, 15) is 4.79 Å². The van der Waals surface area contributed by atoms with Gasteiger partial charge in [-0.2, -0.15) is 5.26 Å². The van der Waals surface area contributed by atoms with Gasteiger partial charge in [0.05, 0.1) is 17.1 Å². The molecule has 0 saturated carbocycles. The maximum absolute atomic E-state index is 11.3. The van der Waals surface area contributed by atoms with Gasteiger partial charge in [-0.25, -0.2) is 9.97 Å². The lowest BCUT2D eigenvalue weighted by Gasteiger charge is -2.06. The maximum Gasteiger partial charge on any atom is 0.239 e. The minimum atomic E-state index is -0.480. The van der Waals surface area contributed by atoms with Gasteiger partial charge in [-0.1, -0.05) is 11.6 Å². The molecule has 1 aromatic carbocycles. The van der Waals surface area contributed by atoms with Crippen LogP contribution in [0.1, 0.15) is 6.42 Å². The number of halogens is 1. The van der Waals surface area contributed by atoms with Gasteiger partial charge in [0.1, 0.15) is 6.42 Å². The van der Waals surface area contributed by atoms with Crippen LogP contribution in [0.15, 0.2) is 18.2 Å². The average molecular weight is 262 g/mol. The van der Waals surface area contributed by atoms with Crippen molar-refractivity contribution >= 4 is 40.2 Å². The Kier molecular flexibility index (Phi) is 3.26. The Hall–Kier alpha value is -2.39. The van der Waals surface area contributed by atoms with Crippen LogP contribution in [0.3, 0.4) is 0 Å². The molecular weight excluding hydrogens is 254 g/mol. The Morgan fingerprint density at radius 2 is 2.22 bits per heavy atom. The molecule has 0 aliphatic rings. The van der Waals surface area contributed by atoms with Gasteiger partial charge in [-0.05, 0) is 18.2 Å². The van der Waals surface area contributed by atoms with E-state index in [0.29, 0.717) is 16.1 Å². The fourth-order valence-corrected chi connectivity index (χ4v) is 1.55. The van der Waals surface area contributed by atoms with Crippen molar-refractivity contribution < 1.29 is 4.79 Å². The Bertz CT molecular complexity index is 664. The van der Waals surface area contributed by atoms with E-state index in [-0.39, 0.29) is 18.1 Å². The molecule has 0 bridgehead atoms. The van der Waals surface area contributed by atoms with Crippen LogP contribution in [-0.4, -0.2) is 15.9 Å². The molecule has 0 aliphatic carbocycles. The minimum Gasteiger partial charge on any atom is -0.381 e. The van der Waals surface area contributed by atoms with Crippen molar-refractivity contribution in [2.24, 2.45) is 0 Å². The highest BCUT2D eigenvalue weighted by Gasteiger charge is 2.09. The summed E-state index contributed by atoms with van der Waals surface area (Å²) in [6, 6.07) is 6.69. The van der Waals surface area contributed by atoms with Crippen LogP contribution in [0.5, 0.6) is 0 Å². The summed E-state index contributed by atoms with van der Waals surface area (Å²) in [6.45, 7) is 0. The first kappa shape index (κ1) is 12.1. The van der Waals surface area contributed by atoms with Gasteiger partial charge < -0.3 is 11.1 Å². The smallest absolute Gasteiger partial charge is 0.239 e. The third-order valence-electron chi connectivity index (χ3n) is 2.15. The number of hydrogen-bond donors (Lipinski definition) is 2. The maximum atomic E-state index is 11.3. The monoisotopic (exact) mass is 261 g/mol. The lowest BCUT2D eigenvalue weighted by molar-refractivity contribution is -0.115. The number of nitrogens with zero attached hydrogens (tertiary/aromatic N) is 3. The number of nitrogen functional groups attached to an aromatic ring is 1. The number of anilines is 2. The zero-order chi connectivity index (χ0) is 13.1. The van der Waals surface area contributed by atoms with E-state index >= 15 is 0 Å². The molecule has 6 nitrogen and oxygen atoms in total. The van der Waals surface area contributed by atoms with Gasteiger partial charge in [-0.3, -0.25) is 4.79 Å². The van der Waals surface area contributed by atoms with E-state index in [1.807, 2.05) is 0 Å². The van der Waals surface area contributed by atoms with E-state index in [2.05, 4.69) is 15.3 Å². The van der Waals surface area contributed by atoms with E-state index in [4.69, 9.17) is 22.6 Å². The summed E-state index contributed by atoms with van der Waals surface area (Å²) < 4.78 is 0. The molecule has 0 spiro atoms. The standard InChI is InChI=1S/C11H8ClN5O/c12-6-1-2-7-8(5-6)15-10(14)11(16-7)17-9(18)3-4-13/h1-2,5H,3H2,(H2,14,15)(H,16,17,18). The van der Waals surface area contributed by atoms with Gasteiger partial charge in [0.15, 0.2) is 11.6 Å². The van der Waals surface area contributed by atoms with Crippen molar-refractivity contribution in [1.82, 2.24) is 9.97 Å². The first-order chi connectivity index (χ1) is 8.60. The molecular formula is C11H8ClN5O. The molecule has 7 heteroatoms. The summed E-state index contributed by atoms with van der Waals surface area (Å²) in [6.07, 6.45) is -0.264. The molecule has 0 unspecified atom stereocenters. The molecule has 90 valence electrons. The highest BCUT2D eigenvalue weighted by Crippen LogP contribution is 2.21. The zero-order valence-electron chi connectivity index (χ0n) is 9.14. The second-order valence-electron chi connectivity index (χ2n) is 3.47. The number of aromatic nitrogens is 2. The summed E-state index contributed by atoms with van der Waals surface area (Å²) in [4.78, 5) is 19.5. The summed E-state index contributed by atoms with van der Waals surface area (Å²) in [5.74, 6) is -0.257. The fraction of sp³-hybridized carbons (Fsp3) is 0.0909. The lowest BCUT2D eigenvalue weighted by atomic mass is 10.3. The van der Waals surface area contributed by atoms with E-state index in [0.717, 1.165) is 0 Å². The van der Waals surface area contributed by atoms with Gasteiger partial charge in [0.25, 0.3) is 0 Å². The fourth-order valence-electron chi connectivity index (χ4n) is 1.38. The highest BCUT2D eigenvalue weighted by molar-refractivity contribution is 6.31. The molecule has 1 aromatic heterocycles. The van der Waals surface area contributed by atoms with Crippen LogP contribution in [0.2, 0.25) is 5.02 Å². The van der Waals surface area contributed by atoms with Gasteiger partial charge in [-0.15, -0.1) is 0 Å². The number of carbonyl (C=O) groups excluding carboxylic acids is 1. The molecule has 0 saturated heterocycles. The molecule has 1 amide bonds. The number of fused-ring (bicyclic) bond motifs is 1. The topological polar surface area (TPSA) is 105 Å². The van der Waals surface area contributed by atoms with Crippen LogP contribution in [0.4, 0.5) is 11.6 Å². The summed E-state index contributed by atoms with van der Waals surface area (Å²) >= 11 is 5.82. The Labute approximate surface area is 107 Å². The summed E-state index contributed by atoms with van der Waals surface area (Å²) in [7, 11) is 0. The van der Waals surface area contributed by atoms with Crippen molar-refractivity contribution in [3.05, 3.63) is 23.2 Å². The normalized spacial score (nSPS) is 10.0. The average Bonchev–Trinajstić information content (AvgIpc) is 2.31. The first-order valence-electron chi connectivity index (χ1n) is 4.99. The quantitative estimate of drug-likeness (QED) is 0.856. The second-order valence-corrected chi connectivity index (χ2v) is 3.91. The molecule has 2 rings (SSSR count). The second kappa shape index (κ2) is 4.85. The zero-order valence-corrected chi connectivity index (χ0v) is 9.90. The number of nitriles is 1. The lowest BCUT2D eigenvalue weighted by Crippen LogP contribution is -2.14. The van der Waals surface area contributed by atoms with Crippen LogP contribution in [0.25, 0.3) is 11.0 Å². The predicted molar refractivity (Wildman–Crippen MR) is 67.8 cm³/mol. The number of benzene rings is 1. The van der Waals surface area contributed by atoms with Crippen molar-refractivity contribution in [3.63, 3.8) is 0 Å². The molecule has 3 N–H and O–H groups in total. The Morgan fingerprint density at radius 3 is 2.94 bits per heavy atom. The van der Waals surface area contributed by atoms with Crippen LogP contribution in [-0.2, 0) is 4.79 Å². The van der Waals surface area contributed by atoms with Gasteiger partial charge >= 0.3 is 0 Å². The highest BCUT2D eigenvalue weighted by atomic mass is 35.5. The minimum absolute atomic E-state index is 0.0797. The molecule has 0 radical (unpaired) electrons. The number of nitrogens with two attached hydrogens (primary N) is 1. The number of rotatable bonds is 2. The third-order valence-corrected chi connectivity index (χ3v) is 2.39. The number of carbonyl (C=O) groups is 1. The van der Waals surface area contributed by atoms with Crippen molar-refractivity contribution in [2.45, 2.75) is 6.42 Å². The van der Waals surface area contributed by atoms with E-state index in [1.165, 1.54) is 0 Å². The number of hydrogen-bond acceptors (Lipinski definition) is 5. The van der Waals surface area contributed by atoms with Crippen LogP contribution in [0, 0.1) is 11.3 Å². The SMILES string of the molecule is N#CCC(=O)Nc1nc2ccc(Cl)cc2nc1N. The first-order valence-corrected chi connectivity index (χ1v) is 5.37.